The van der Waals surface area contributed by atoms with Crippen LogP contribution in [0.3, 0.4) is 0 Å². The van der Waals surface area contributed by atoms with Crippen LogP contribution in [0.5, 0.6) is 11.5 Å². The third-order valence-electron chi connectivity index (χ3n) is 4.14. The molecule has 0 radical (unpaired) electrons. The first kappa shape index (κ1) is 21.4. The van der Waals surface area contributed by atoms with Gasteiger partial charge in [0.1, 0.15) is 12.4 Å². The van der Waals surface area contributed by atoms with Crippen LogP contribution in [0.2, 0.25) is 0 Å². The number of carbonyl (C=O) groups is 1. The molecule has 0 aliphatic heterocycles. The van der Waals surface area contributed by atoms with Crippen molar-refractivity contribution < 1.29 is 14.3 Å². The van der Waals surface area contributed by atoms with Crippen molar-refractivity contribution in [3.05, 3.63) is 71.4 Å². The zero-order valence-corrected chi connectivity index (χ0v) is 17.7. The molecule has 0 bridgehead atoms. The van der Waals surface area contributed by atoms with Gasteiger partial charge in [0.15, 0.2) is 16.7 Å². The van der Waals surface area contributed by atoms with Gasteiger partial charge in [-0.1, -0.05) is 48.2 Å². The van der Waals surface area contributed by atoms with Crippen molar-refractivity contribution in [2.24, 2.45) is 0 Å². The largest absolute Gasteiger partial charge is 0.493 e. The second-order valence-electron chi connectivity index (χ2n) is 6.54. The van der Waals surface area contributed by atoms with E-state index in [-0.39, 0.29) is 11.7 Å². The summed E-state index contributed by atoms with van der Waals surface area (Å²) in [5.74, 6) is 1.76. The molecule has 0 unspecified atom stereocenters. The number of nitrogen functional groups attached to an aromatic ring is 1. The van der Waals surface area contributed by atoms with Gasteiger partial charge in [0.05, 0.1) is 12.9 Å². The van der Waals surface area contributed by atoms with E-state index >= 15 is 0 Å². The molecule has 1 amide bonds. The average molecular weight is 425 g/mol. The normalized spacial score (nSPS) is 10.5. The van der Waals surface area contributed by atoms with Crippen molar-refractivity contribution in [3.8, 4) is 11.5 Å². The summed E-state index contributed by atoms with van der Waals surface area (Å²) < 4.78 is 11.3. The number of methoxy groups -OCH3 is 1. The van der Waals surface area contributed by atoms with Crippen LogP contribution in [-0.2, 0) is 17.9 Å². The minimum atomic E-state index is -0.118. The molecule has 0 fully saturated rings. The van der Waals surface area contributed by atoms with Crippen molar-refractivity contribution in [2.45, 2.75) is 25.2 Å². The number of carbonyl (C=O) groups excluding carboxylic acids is 1. The molecule has 0 saturated heterocycles. The smallest absolute Gasteiger partial charge is 0.230 e. The number of anilines is 1. The molecule has 2 aromatic carbocycles. The zero-order chi connectivity index (χ0) is 21.3. The van der Waals surface area contributed by atoms with E-state index in [9.17, 15) is 4.79 Å². The van der Waals surface area contributed by atoms with Crippen LogP contribution in [-0.4, -0.2) is 28.7 Å². The first-order chi connectivity index (χ1) is 14.5. The summed E-state index contributed by atoms with van der Waals surface area (Å²) in [7, 11) is 1.59. The third kappa shape index (κ3) is 6.38. The van der Waals surface area contributed by atoms with Crippen LogP contribution in [0.1, 0.15) is 16.8 Å². The molecule has 1 aromatic heterocycles. The highest BCUT2D eigenvalue weighted by Gasteiger charge is 2.09. The highest BCUT2D eigenvalue weighted by atomic mass is 32.2. The summed E-state index contributed by atoms with van der Waals surface area (Å²) in [6.07, 6.45) is 0. The summed E-state index contributed by atoms with van der Waals surface area (Å²) >= 11 is 1.25. The Balaban J connectivity index is 1.51. The minimum Gasteiger partial charge on any atom is -0.493 e. The molecule has 0 saturated carbocycles. The summed E-state index contributed by atoms with van der Waals surface area (Å²) in [4.78, 5) is 20.5. The first-order valence-corrected chi connectivity index (χ1v) is 10.4. The van der Waals surface area contributed by atoms with Gasteiger partial charge in [-0.05, 0) is 30.2 Å². The molecule has 1 heterocycles. The lowest BCUT2D eigenvalue weighted by molar-refractivity contribution is -0.118. The van der Waals surface area contributed by atoms with Crippen molar-refractivity contribution >= 4 is 23.5 Å². The van der Waals surface area contributed by atoms with Crippen molar-refractivity contribution in [3.63, 3.8) is 0 Å². The number of benzene rings is 2. The van der Waals surface area contributed by atoms with Crippen LogP contribution in [0.4, 0.5) is 5.82 Å². The molecule has 0 spiro atoms. The Hall–Kier alpha value is -3.26. The molecule has 30 heavy (non-hydrogen) atoms. The quantitative estimate of drug-likeness (QED) is 0.401. The number of hydrogen-bond donors (Lipinski definition) is 2. The molecular weight excluding hydrogens is 400 g/mol. The maximum atomic E-state index is 12.2. The van der Waals surface area contributed by atoms with E-state index in [0.717, 1.165) is 16.8 Å². The fourth-order valence-electron chi connectivity index (χ4n) is 2.69. The Kier molecular flexibility index (Phi) is 7.51. The maximum absolute atomic E-state index is 12.2. The van der Waals surface area contributed by atoms with Crippen molar-refractivity contribution in [1.29, 1.82) is 0 Å². The van der Waals surface area contributed by atoms with Gasteiger partial charge in [-0.25, -0.2) is 9.97 Å². The minimum absolute atomic E-state index is 0.118. The number of aromatic nitrogens is 2. The van der Waals surface area contributed by atoms with Crippen molar-refractivity contribution in [1.82, 2.24) is 15.3 Å². The van der Waals surface area contributed by atoms with Crippen LogP contribution in [0, 0.1) is 6.92 Å². The van der Waals surface area contributed by atoms with Crippen LogP contribution >= 0.6 is 11.8 Å². The lowest BCUT2D eigenvalue weighted by Crippen LogP contribution is -2.24. The monoisotopic (exact) mass is 424 g/mol. The second-order valence-corrected chi connectivity index (χ2v) is 7.48. The number of nitrogens with one attached hydrogen (secondary N) is 1. The first-order valence-electron chi connectivity index (χ1n) is 9.38. The fourth-order valence-corrected chi connectivity index (χ4v) is 3.43. The molecule has 3 N–H and O–H groups in total. The molecule has 8 heteroatoms. The molecule has 0 aliphatic rings. The average Bonchev–Trinajstić information content (AvgIpc) is 2.75. The Morgan fingerprint density at radius 3 is 2.60 bits per heavy atom. The number of ether oxygens (including phenoxy) is 2. The van der Waals surface area contributed by atoms with Gasteiger partial charge in [-0.15, -0.1) is 0 Å². The van der Waals surface area contributed by atoms with E-state index in [2.05, 4.69) is 15.3 Å². The summed E-state index contributed by atoms with van der Waals surface area (Å²) in [6, 6.07) is 17.2. The SMILES string of the molecule is COc1cc(CNC(=O)CSc2nc(C)cc(N)n2)ccc1OCc1ccccc1. The number of aryl methyl sites for hydroxylation is 1. The predicted molar refractivity (Wildman–Crippen MR) is 118 cm³/mol. The molecular formula is C22H24N4O3S. The van der Waals surface area contributed by atoms with Crippen LogP contribution in [0.15, 0.2) is 59.8 Å². The Morgan fingerprint density at radius 1 is 1.07 bits per heavy atom. The van der Waals surface area contributed by atoms with Gasteiger partial charge in [0.25, 0.3) is 0 Å². The fraction of sp³-hybridized carbons (Fsp3) is 0.227. The Bertz CT molecular complexity index is 979. The van der Waals surface area contributed by atoms with Gasteiger partial charge in [-0.2, -0.15) is 0 Å². The zero-order valence-electron chi connectivity index (χ0n) is 16.9. The third-order valence-corrected chi connectivity index (χ3v) is 4.99. The standard InChI is InChI=1S/C22H24N4O3S/c1-15-10-20(23)26-22(25-15)30-14-21(27)24-12-17-8-9-18(19(11-17)28-2)29-13-16-6-4-3-5-7-16/h3-11H,12-14H2,1-2H3,(H,24,27)(H2,23,25,26). The molecule has 3 rings (SSSR count). The van der Waals surface area contributed by atoms with E-state index in [0.29, 0.717) is 35.6 Å². The van der Waals surface area contributed by atoms with Gasteiger partial charge < -0.3 is 20.5 Å². The Labute approximate surface area is 180 Å². The molecule has 156 valence electrons. The van der Waals surface area contributed by atoms with E-state index < -0.39 is 0 Å². The predicted octanol–water partition coefficient (Wildman–Crippen LogP) is 3.36. The molecule has 0 aliphatic carbocycles. The highest BCUT2D eigenvalue weighted by molar-refractivity contribution is 7.99. The van der Waals surface area contributed by atoms with E-state index in [1.165, 1.54) is 11.8 Å². The van der Waals surface area contributed by atoms with E-state index in [4.69, 9.17) is 15.2 Å². The number of thioether (sulfide) groups is 1. The summed E-state index contributed by atoms with van der Waals surface area (Å²) in [5, 5.41) is 3.37. The van der Waals surface area contributed by atoms with E-state index in [1.807, 2.05) is 55.5 Å². The van der Waals surface area contributed by atoms with Crippen LogP contribution < -0.4 is 20.5 Å². The molecule has 0 atom stereocenters. The maximum Gasteiger partial charge on any atom is 0.230 e. The lowest BCUT2D eigenvalue weighted by atomic mass is 10.2. The van der Waals surface area contributed by atoms with Gasteiger partial charge >= 0.3 is 0 Å². The van der Waals surface area contributed by atoms with Gasteiger partial charge in [0.2, 0.25) is 5.91 Å². The van der Waals surface area contributed by atoms with Crippen molar-refractivity contribution in [2.75, 3.05) is 18.6 Å². The summed E-state index contributed by atoms with van der Waals surface area (Å²) in [6.45, 7) is 2.67. The number of nitrogens with zero attached hydrogens (tertiary/aromatic N) is 2. The van der Waals surface area contributed by atoms with Gasteiger partial charge in [-0.3, -0.25) is 4.79 Å². The number of nitrogens with two attached hydrogens (primary N) is 1. The van der Waals surface area contributed by atoms with E-state index in [1.54, 1.807) is 13.2 Å². The molecule has 3 aromatic rings. The van der Waals surface area contributed by atoms with Crippen LogP contribution in [0.25, 0.3) is 0 Å². The number of hydrogen-bond acceptors (Lipinski definition) is 7. The highest BCUT2D eigenvalue weighted by Crippen LogP contribution is 2.29. The topological polar surface area (TPSA) is 99.4 Å². The summed E-state index contributed by atoms with van der Waals surface area (Å²) in [5.41, 5.74) is 8.46. The lowest BCUT2D eigenvalue weighted by Gasteiger charge is -2.13. The molecule has 7 nitrogen and oxygen atoms in total. The number of amides is 1. The number of rotatable bonds is 9. The Morgan fingerprint density at radius 2 is 1.87 bits per heavy atom. The second kappa shape index (κ2) is 10.5. The van der Waals surface area contributed by atoms with Gasteiger partial charge in [0, 0.05) is 18.3 Å².